The van der Waals surface area contributed by atoms with Crippen LogP contribution in [0.5, 0.6) is 0 Å². The fraction of sp³-hybridized carbons (Fsp3) is 0.643. The van der Waals surface area contributed by atoms with Crippen LogP contribution in [-0.2, 0) is 10.3 Å². The van der Waals surface area contributed by atoms with E-state index in [4.69, 9.17) is 5.11 Å². The lowest BCUT2D eigenvalue weighted by molar-refractivity contribution is -0.142. The fourth-order valence-electron chi connectivity index (χ4n) is 1.88. The van der Waals surface area contributed by atoms with E-state index in [1.807, 2.05) is 34.6 Å². The van der Waals surface area contributed by atoms with Crippen LogP contribution in [0.25, 0.3) is 0 Å². The summed E-state index contributed by atoms with van der Waals surface area (Å²) >= 11 is 0. The number of nitrogens with one attached hydrogen (secondary N) is 1. The smallest absolute Gasteiger partial charge is 0.308 e. The normalized spacial score (nSPS) is 13.3. The average molecular weight is 281 g/mol. The molecule has 0 aromatic carbocycles. The molecule has 0 aliphatic carbocycles. The maximum absolute atomic E-state index is 12.3. The summed E-state index contributed by atoms with van der Waals surface area (Å²) in [6.45, 7) is 9.63. The van der Waals surface area contributed by atoms with Gasteiger partial charge in [-0.1, -0.05) is 13.8 Å². The van der Waals surface area contributed by atoms with Gasteiger partial charge in [-0.3, -0.25) is 9.59 Å². The lowest BCUT2D eigenvalue weighted by Gasteiger charge is -2.23. The highest BCUT2D eigenvalue weighted by Crippen LogP contribution is 2.13. The summed E-state index contributed by atoms with van der Waals surface area (Å²) in [7, 11) is 0. The first kappa shape index (κ1) is 16.2. The van der Waals surface area contributed by atoms with E-state index in [1.54, 1.807) is 17.0 Å². The van der Waals surface area contributed by atoms with Crippen molar-refractivity contribution in [2.75, 3.05) is 11.9 Å². The summed E-state index contributed by atoms with van der Waals surface area (Å²) in [6, 6.07) is 0. The number of rotatable bonds is 5. The molecule has 112 valence electrons. The molecule has 0 saturated heterocycles. The van der Waals surface area contributed by atoms with Gasteiger partial charge < -0.3 is 15.0 Å². The first-order chi connectivity index (χ1) is 9.14. The Bertz CT molecular complexity index is 529. The van der Waals surface area contributed by atoms with Gasteiger partial charge in [0.05, 0.1) is 5.92 Å². The van der Waals surface area contributed by atoms with Crippen molar-refractivity contribution in [1.82, 2.24) is 9.55 Å². The molecule has 0 radical (unpaired) electrons. The van der Waals surface area contributed by atoms with E-state index >= 15 is 0 Å². The van der Waals surface area contributed by atoms with Crippen LogP contribution < -0.4 is 10.9 Å². The van der Waals surface area contributed by atoms with E-state index in [-0.39, 0.29) is 29.4 Å². The van der Waals surface area contributed by atoms with Gasteiger partial charge in [-0.15, -0.1) is 0 Å². The summed E-state index contributed by atoms with van der Waals surface area (Å²) in [4.78, 5) is 27.4. The number of hydrogen-bond acceptors (Lipinski definition) is 4. The molecule has 0 aliphatic heterocycles. The van der Waals surface area contributed by atoms with Crippen molar-refractivity contribution in [2.24, 2.45) is 11.8 Å². The van der Waals surface area contributed by atoms with Crippen LogP contribution in [0.3, 0.4) is 0 Å². The fourth-order valence-corrected chi connectivity index (χ4v) is 1.88. The Morgan fingerprint density at radius 3 is 2.50 bits per heavy atom. The molecular weight excluding hydrogens is 258 g/mol. The third kappa shape index (κ3) is 3.82. The molecule has 0 saturated carbocycles. The molecule has 6 nitrogen and oxygen atoms in total. The third-order valence-electron chi connectivity index (χ3n) is 3.17. The minimum Gasteiger partial charge on any atom is -0.481 e. The van der Waals surface area contributed by atoms with Crippen molar-refractivity contribution in [3.63, 3.8) is 0 Å². The topological polar surface area (TPSA) is 84.2 Å². The van der Waals surface area contributed by atoms with Crippen molar-refractivity contribution in [2.45, 2.75) is 40.2 Å². The van der Waals surface area contributed by atoms with Gasteiger partial charge in [-0.25, -0.2) is 4.98 Å². The number of aliphatic carboxylic acids is 1. The van der Waals surface area contributed by atoms with E-state index < -0.39 is 11.9 Å². The monoisotopic (exact) mass is 281 g/mol. The molecule has 1 rings (SSSR count). The summed E-state index contributed by atoms with van der Waals surface area (Å²) in [6.07, 6.45) is 3.17. The van der Waals surface area contributed by atoms with Crippen LogP contribution in [0.2, 0.25) is 0 Å². The number of carbonyl (C=O) groups is 1. The number of nitrogens with zero attached hydrogens (tertiary/aromatic N) is 2. The maximum atomic E-state index is 12.3. The largest absolute Gasteiger partial charge is 0.481 e. The Kier molecular flexibility index (Phi) is 4.92. The summed E-state index contributed by atoms with van der Waals surface area (Å²) < 4.78 is 1.58. The van der Waals surface area contributed by atoms with Crippen LogP contribution in [0.15, 0.2) is 17.2 Å². The Hall–Kier alpha value is -1.85. The molecule has 1 atom stereocenters. The van der Waals surface area contributed by atoms with E-state index in [1.165, 1.54) is 0 Å². The van der Waals surface area contributed by atoms with Crippen molar-refractivity contribution in [1.29, 1.82) is 0 Å². The second kappa shape index (κ2) is 6.07. The van der Waals surface area contributed by atoms with Gasteiger partial charge in [0.25, 0.3) is 5.56 Å². The van der Waals surface area contributed by atoms with Crippen molar-refractivity contribution >= 4 is 11.8 Å². The van der Waals surface area contributed by atoms with E-state index in [0.29, 0.717) is 0 Å². The zero-order valence-corrected chi connectivity index (χ0v) is 12.7. The number of carboxylic acid groups (broad SMARTS) is 1. The molecule has 1 heterocycles. The highest BCUT2D eigenvalue weighted by Gasteiger charge is 2.22. The highest BCUT2D eigenvalue weighted by atomic mass is 16.4. The lowest BCUT2D eigenvalue weighted by Crippen LogP contribution is -2.36. The first-order valence-corrected chi connectivity index (χ1v) is 6.69. The highest BCUT2D eigenvalue weighted by molar-refractivity contribution is 5.71. The maximum Gasteiger partial charge on any atom is 0.308 e. The van der Waals surface area contributed by atoms with Gasteiger partial charge in [0, 0.05) is 24.5 Å². The van der Waals surface area contributed by atoms with Crippen LogP contribution in [0.1, 0.15) is 34.6 Å². The third-order valence-corrected chi connectivity index (χ3v) is 3.17. The lowest BCUT2D eigenvalue weighted by atomic mass is 9.96. The molecule has 1 aromatic heterocycles. The van der Waals surface area contributed by atoms with Gasteiger partial charge >= 0.3 is 5.97 Å². The number of anilines is 1. The van der Waals surface area contributed by atoms with Gasteiger partial charge in [-0.05, 0) is 26.7 Å². The molecule has 6 heteroatoms. The first-order valence-electron chi connectivity index (χ1n) is 6.69. The van der Waals surface area contributed by atoms with Crippen LogP contribution >= 0.6 is 0 Å². The van der Waals surface area contributed by atoms with Crippen molar-refractivity contribution in [3.05, 3.63) is 22.7 Å². The molecule has 0 spiro atoms. The molecule has 2 N–H and O–H groups in total. The van der Waals surface area contributed by atoms with Crippen LogP contribution in [0, 0.1) is 11.8 Å². The Morgan fingerprint density at radius 2 is 2.05 bits per heavy atom. The van der Waals surface area contributed by atoms with Crippen molar-refractivity contribution in [3.8, 4) is 0 Å². The Labute approximate surface area is 118 Å². The molecule has 1 unspecified atom stereocenters. The minimum atomic E-state index is -0.875. The molecule has 0 bridgehead atoms. The Balaban J connectivity index is 2.95. The zero-order chi connectivity index (χ0) is 15.5. The molecule has 0 aliphatic rings. The van der Waals surface area contributed by atoms with Crippen LogP contribution in [0.4, 0.5) is 5.82 Å². The summed E-state index contributed by atoms with van der Waals surface area (Å²) in [5.41, 5.74) is -0.589. The molecule has 0 fully saturated rings. The van der Waals surface area contributed by atoms with Gasteiger partial charge in [0.2, 0.25) is 0 Å². The molecule has 0 amide bonds. The standard InChI is InChI=1S/C14H23N3O3/c1-9(2)10(13(19)20)8-16-11-12(18)17(7-6-15-11)14(3,4)5/h6-7,9-10H,8H2,1-5H3,(H,15,16)(H,19,20). The van der Waals surface area contributed by atoms with Crippen molar-refractivity contribution < 1.29 is 9.90 Å². The SMILES string of the molecule is CC(C)C(CNc1nccn(C(C)(C)C)c1=O)C(=O)O. The predicted molar refractivity (Wildman–Crippen MR) is 77.9 cm³/mol. The van der Waals surface area contributed by atoms with Gasteiger partial charge in [0.1, 0.15) is 0 Å². The zero-order valence-electron chi connectivity index (χ0n) is 12.7. The Morgan fingerprint density at radius 1 is 1.45 bits per heavy atom. The summed E-state index contributed by atoms with van der Waals surface area (Å²) in [5, 5.41) is 12.0. The average Bonchev–Trinajstić information content (AvgIpc) is 2.28. The quantitative estimate of drug-likeness (QED) is 0.859. The molecule has 1 aromatic rings. The molecule has 20 heavy (non-hydrogen) atoms. The second-order valence-electron chi connectivity index (χ2n) is 6.19. The van der Waals surface area contributed by atoms with Gasteiger partial charge in [0.15, 0.2) is 5.82 Å². The van der Waals surface area contributed by atoms with Gasteiger partial charge in [-0.2, -0.15) is 0 Å². The van der Waals surface area contributed by atoms with E-state index in [9.17, 15) is 9.59 Å². The van der Waals surface area contributed by atoms with E-state index in [2.05, 4.69) is 10.3 Å². The second-order valence-corrected chi connectivity index (χ2v) is 6.19. The number of carboxylic acids is 1. The van der Waals surface area contributed by atoms with E-state index in [0.717, 1.165) is 0 Å². The molecular formula is C14H23N3O3. The predicted octanol–water partition coefficient (Wildman–Crippen LogP) is 1.77. The number of hydrogen-bond donors (Lipinski definition) is 2. The number of aromatic nitrogens is 2. The minimum absolute atomic E-state index is 0.0199. The van der Waals surface area contributed by atoms with Crippen LogP contribution in [-0.4, -0.2) is 27.2 Å². The summed E-state index contributed by atoms with van der Waals surface area (Å²) in [5.74, 6) is -1.26.